The Labute approximate surface area is 310 Å². The zero-order chi connectivity index (χ0) is 44.2. The SMILES string of the molecule is CC(C[CH+]C[Si](C)(C)C)(OCc1ccccc1)O[Si](C)(C)C.O=S(=O)(O[B-](OS(=O)(=O)C(F)(F)F)(OS(=O)(=O)C(F)(F)F)OS(=O)(=O)C(F)(F)F)C(F)(F)F. The van der Waals surface area contributed by atoms with Crippen molar-refractivity contribution < 1.29 is 112 Å². The Morgan fingerprint density at radius 2 is 0.891 bits per heavy atom. The Hall–Kier alpha value is -1.69. The third-order valence-corrected chi connectivity index (χ3v) is 12.1. The average molecular weight is 945 g/mol. The lowest BCUT2D eigenvalue weighted by Gasteiger charge is -2.37. The van der Waals surface area contributed by atoms with Gasteiger partial charge in [0.05, 0.1) is 27.1 Å². The summed E-state index contributed by atoms with van der Waals surface area (Å²) in [5.74, 6) is -0.514. The first-order chi connectivity index (χ1) is 23.8. The molecule has 0 spiro atoms. The number of hydrogen-bond acceptors (Lipinski definition) is 14. The molecule has 1 rings (SSSR count). The molecule has 0 bridgehead atoms. The van der Waals surface area contributed by atoms with E-state index in [9.17, 15) is 86.4 Å². The van der Waals surface area contributed by atoms with Crippen LogP contribution in [0, 0.1) is 6.42 Å². The van der Waals surface area contributed by atoms with Gasteiger partial charge in [0, 0.05) is 0 Å². The summed E-state index contributed by atoms with van der Waals surface area (Å²) in [5, 5.41) is 0. The topological polar surface area (TPSA) is 192 Å². The summed E-state index contributed by atoms with van der Waals surface area (Å²) in [7, 11) is -34.9. The summed E-state index contributed by atoms with van der Waals surface area (Å²) in [5.41, 5.74) is -27.4. The van der Waals surface area contributed by atoms with Crippen molar-refractivity contribution in [2.24, 2.45) is 0 Å². The molecule has 0 aliphatic heterocycles. The molecule has 0 aliphatic rings. The van der Waals surface area contributed by atoms with Crippen LogP contribution in [0.1, 0.15) is 18.9 Å². The minimum atomic E-state index is -8.05. The van der Waals surface area contributed by atoms with Crippen molar-refractivity contribution in [3.05, 3.63) is 42.3 Å². The van der Waals surface area contributed by atoms with Gasteiger partial charge in [-0.3, -0.25) is 0 Å². The lowest BCUT2D eigenvalue weighted by molar-refractivity contribution is -0.183. The van der Waals surface area contributed by atoms with E-state index in [1.807, 2.05) is 18.2 Å². The van der Waals surface area contributed by atoms with Gasteiger partial charge < -0.3 is 25.6 Å². The van der Waals surface area contributed by atoms with Crippen LogP contribution in [0.25, 0.3) is 0 Å². The van der Waals surface area contributed by atoms with E-state index in [-0.39, 0.29) is 0 Å². The third-order valence-electron chi connectivity index (χ3n) is 5.29. The molecule has 324 valence electrons. The molecule has 33 heteroatoms. The van der Waals surface area contributed by atoms with Crippen LogP contribution < -0.4 is 0 Å². The molecule has 1 aromatic rings. The summed E-state index contributed by atoms with van der Waals surface area (Å²) in [6.07, 6.45) is 3.23. The fraction of sp³-hybridized carbons (Fsp3) is 0.682. The van der Waals surface area contributed by atoms with E-state index in [4.69, 9.17) is 9.16 Å². The number of rotatable bonds is 17. The third kappa shape index (κ3) is 17.8. The molecule has 55 heavy (non-hydrogen) atoms. The van der Waals surface area contributed by atoms with Gasteiger partial charge in [0.1, 0.15) is 6.42 Å². The van der Waals surface area contributed by atoms with Crippen LogP contribution >= 0.6 is 0 Å². The summed E-state index contributed by atoms with van der Waals surface area (Å²) in [6, 6.07) is 11.5. The number of ether oxygens (including phenoxy) is 1. The molecule has 0 saturated heterocycles. The number of hydrogen-bond donors (Lipinski definition) is 0. The zero-order valence-electron chi connectivity index (χ0n) is 29.0. The molecule has 0 aliphatic carbocycles. The molecule has 0 saturated carbocycles. The van der Waals surface area contributed by atoms with Crippen molar-refractivity contribution in [2.75, 3.05) is 0 Å². The minimum absolute atomic E-state index is 0.514. The second-order valence-electron chi connectivity index (χ2n) is 12.9. The highest BCUT2D eigenvalue weighted by molar-refractivity contribution is 7.93. The molecule has 0 radical (unpaired) electrons. The van der Waals surface area contributed by atoms with E-state index in [0.29, 0.717) is 6.61 Å². The molecule has 0 fully saturated rings. The highest BCUT2D eigenvalue weighted by Gasteiger charge is 2.64. The Morgan fingerprint density at radius 3 is 1.15 bits per heavy atom. The van der Waals surface area contributed by atoms with Crippen LogP contribution in [0.4, 0.5) is 52.7 Å². The summed E-state index contributed by atoms with van der Waals surface area (Å²) in [6.45, 7) is 8.64. The predicted octanol–water partition coefficient (Wildman–Crippen LogP) is 6.59. The Kier molecular flexibility index (Phi) is 17.1. The fourth-order valence-corrected chi connectivity index (χ4v) is 8.19. The summed E-state index contributed by atoms with van der Waals surface area (Å²) >= 11 is 0. The molecule has 14 nitrogen and oxygen atoms in total. The standard InChI is InChI=1S/C18H33O2Si2.C4BF12O12S4/c1-18(20-22(5,6)7,14-11-15-21(2,3)4)19-16-17-12-9-8-10-13-17;6-1(7,8)30(18,19)26-5(27-31(20,21)2(9,10)11,28-32(22,23)3(12,13)14)29-33(24,25)4(15,16)17/h8-13H,14-16H2,1-7H3;/q+1;-1. The van der Waals surface area contributed by atoms with Gasteiger partial charge in [-0.1, -0.05) is 50.0 Å². The molecule has 1 atom stereocenters. The monoisotopic (exact) mass is 944 g/mol. The Morgan fingerprint density at radius 1 is 0.582 bits per heavy atom. The average Bonchev–Trinajstić information content (AvgIpc) is 2.87. The van der Waals surface area contributed by atoms with Gasteiger partial charge in [0.15, 0.2) is 14.1 Å². The van der Waals surface area contributed by atoms with Crippen molar-refractivity contribution in [3.8, 4) is 0 Å². The highest BCUT2D eigenvalue weighted by Crippen LogP contribution is 2.39. The van der Waals surface area contributed by atoms with Crippen molar-refractivity contribution >= 4 is 63.8 Å². The van der Waals surface area contributed by atoms with Crippen LogP contribution in [0.3, 0.4) is 0 Å². The van der Waals surface area contributed by atoms with E-state index in [1.165, 1.54) is 11.6 Å². The molecule has 0 heterocycles. The van der Waals surface area contributed by atoms with Gasteiger partial charge in [-0.25, -0.2) is 0 Å². The Balaban J connectivity index is 0.00000115. The maximum absolute atomic E-state index is 12.4. The molecular weight excluding hydrogens is 911 g/mol. The van der Waals surface area contributed by atoms with Gasteiger partial charge in [-0.05, 0) is 32.1 Å². The second kappa shape index (κ2) is 17.7. The first-order valence-corrected chi connectivity index (χ1v) is 27.0. The van der Waals surface area contributed by atoms with E-state index in [0.717, 1.165) is 6.42 Å². The zero-order valence-corrected chi connectivity index (χ0v) is 34.3. The van der Waals surface area contributed by atoms with E-state index < -0.39 is 91.6 Å². The van der Waals surface area contributed by atoms with Crippen molar-refractivity contribution in [1.29, 1.82) is 0 Å². The van der Waals surface area contributed by atoms with Crippen LogP contribution in [-0.4, -0.2) is 84.8 Å². The van der Waals surface area contributed by atoms with Gasteiger partial charge >= 0.3 is 69.5 Å². The molecule has 0 amide bonds. The van der Waals surface area contributed by atoms with Crippen molar-refractivity contribution in [3.63, 3.8) is 0 Å². The smallest absolute Gasteiger partial charge is 0.398 e. The first kappa shape index (κ1) is 53.3. The van der Waals surface area contributed by atoms with Crippen LogP contribution in [0.15, 0.2) is 30.3 Å². The van der Waals surface area contributed by atoms with Crippen LogP contribution in [0.5, 0.6) is 0 Å². The summed E-state index contributed by atoms with van der Waals surface area (Å²) in [4.78, 5) is 0. The minimum Gasteiger partial charge on any atom is -0.398 e. The lowest BCUT2D eigenvalue weighted by atomic mass is 10.1. The van der Waals surface area contributed by atoms with Crippen molar-refractivity contribution in [2.45, 2.75) is 93.1 Å². The maximum Gasteiger partial charge on any atom is 0.587 e. The second-order valence-corrected chi connectivity index (χ2v) is 29.2. The maximum atomic E-state index is 12.4. The molecular formula is C22H33BF12O14S4Si2. The first-order valence-electron chi connectivity index (χ1n) is 14.2. The normalized spacial score (nSPS) is 15.8. The van der Waals surface area contributed by atoms with Crippen molar-refractivity contribution in [1.82, 2.24) is 0 Å². The largest absolute Gasteiger partial charge is 0.587 e. The fourth-order valence-electron chi connectivity index (χ4n) is 3.29. The predicted molar refractivity (Wildman–Crippen MR) is 171 cm³/mol. The van der Waals surface area contributed by atoms with Crippen LogP contribution in [-0.2, 0) is 72.6 Å². The van der Waals surface area contributed by atoms with E-state index >= 15 is 0 Å². The highest BCUT2D eigenvalue weighted by atomic mass is 32.2. The van der Waals surface area contributed by atoms with Gasteiger partial charge in [-0.2, -0.15) is 86.4 Å². The quantitative estimate of drug-likeness (QED) is 0.0534. The summed E-state index contributed by atoms with van der Waals surface area (Å²) < 4.78 is 257. The molecule has 1 unspecified atom stereocenters. The molecule has 0 aromatic heterocycles. The number of alkyl halides is 12. The van der Waals surface area contributed by atoms with Gasteiger partial charge in [0.2, 0.25) is 0 Å². The van der Waals surface area contributed by atoms with E-state index in [2.05, 4.69) is 81.2 Å². The molecule has 0 N–H and O–H groups in total. The Bertz CT molecular complexity index is 1670. The number of halogens is 12. The lowest BCUT2D eigenvalue weighted by Crippen LogP contribution is -2.59. The number of benzene rings is 1. The van der Waals surface area contributed by atoms with Gasteiger partial charge in [-0.15, -0.1) is 0 Å². The molecule has 1 aromatic carbocycles. The van der Waals surface area contributed by atoms with E-state index in [1.54, 1.807) is 0 Å². The van der Waals surface area contributed by atoms with Crippen LogP contribution in [0.2, 0.25) is 45.3 Å². The van der Waals surface area contributed by atoms with Gasteiger partial charge in [0.25, 0.3) is 0 Å².